The summed E-state index contributed by atoms with van der Waals surface area (Å²) >= 11 is 0. The third kappa shape index (κ3) is 2.65. The SMILES string of the molecule is CNCc1ccnc(-c2ccc(C)cc2OC)n1. The van der Waals surface area contributed by atoms with Crippen LogP contribution in [0.4, 0.5) is 0 Å². The van der Waals surface area contributed by atoms with Gasteiger partial charge in [0.1, 0.15) is 5.75 Å². The molecule has 0 amide bonds. The van der Waals surface area contributed by atoms with Crippen LogP contribution in [0.2, 0.25) is 0 Å². The summed E-state index contributed by atoms with van der Waals surface area (Å²) in [6, 6.07) is 7.92. The second-order valence-electron chi connectivity index (χ2n) is 4.11. The van der Waals surface area contributed by atoms with Gasteiger partial charge in [-0.1, -0.05) is 6.07 Å². The number of aryl methyl sites for hydroxylation is 1. The maximum absolute atomic E-state index is 5.38. The van der Waals surface area contributed by atoms with Crippen LogP contribution in [0.3, 0.4) is 0 Å². The summed E-state index contributed by atoms with van der Waals surface area (Å²) in [5.74, 6) is 1.50. The number of benzene rings is 1. The van der Waals surface area contributed by atoms with Gasteiger partial charge in [-0.3, -0.25) is 0 Å². The van der Waals surface area contributed by atoms with Gasteiger partial charge in [0.15, 0.2) is 5.82 Å². The summed E-state index contributed by atoms with van der Waals surface area (Å²) in [5.41, 5.74) is 3.04. The number of methoxy groups -OCH3 is 1. The quantitative estimate of drug-likeness (QED) is 0.894. The Hall–Kier alpha value is -1.94. The van der Waals surface area contributed by atoms with E-state index < -0.39 is 0 Å². The van der Waals surface area contributed by atoms with Gasteiger partial charge in [-0.15, -0.1) is 0 Å². The van der Waals surface area contributed by atoms with E-state index in [1.165, 1.54) is 0 Å². The zero-order valence-electron chi connectivity index (χ0n) is 10.9. The smallest absolute Gasteiger partial charge is 0.163 e. The highest BCUT2D eigenvalue weighted by Gasteiger charge is 2.09. The minimum absolute atomic E-state index is 0.694. The molecule has 0 unspecified atom stereocenters. The largest absolute Gasteiger partial charge is 0.496 e. The number of aromatic nitrogens is 2. The van der Waals surface area contributed by atoms with Gasteiger partial charge >= 0.3 is 0 Å². The molecular formula is C14H17N3O. The lowest BCUT2D eigenvalue weighted by molar-refractivity contribution is 0.416. The summed E-state index contributed by atoms with van der Waals surface area (Å²) in [6.07, 6.45) is 1.77. The molecule has 1 N–H and O–H groups in total. The zero-order valence-corrected chi connectivity index (χ0v) is 10.9. The summed E-state index contributed by atoms with van der Waals surface area (Å²) in [7, 11) is 3.56. The summed E-state index contributed by atoms with van der Waals surface area (Å²) in [5, 5.41) is 3.08. The zero-order chi connectivity index (χ0) is 13.0. The summed E-state index contributed by atoms with van der Waals surface area (Å²) in [4.78, 5) is 8.83. The number of ether oxygens (including phenoxy) is 1. The fourth-order valence-electron chi connectivity index (χ4n) is 1.79. The maximum atomic E-state index is 5.38. The van der Waals surface area contributed by atoms with Crippen molar-refractivity contribution in [1.29, 1.82) is 0 Å². The van der Waals surface area contributed by atoms with Crippen LogP contribution in [0.1, 0.15) is 11.3 Å². The highest BCUT2D eigenvalue weighted by atomic mass is 16.5. The van der Waals surface area contributed by atoms with Gasteiger partial charge in [0.25, 0.3) is 0 Å². The molecule has 0 saturated carbocycles. The topological polar surface area (TPSA) is 47.0 Å². The van der Waals surface area contributed by atoms with Crippen molar-refractivity contribution in [2.24, 2.45) is 0 Å². The number of nitrogens with one attached hydrogen (secondary N) is 1. The fourth-order valence-corrected chi connectivity index (χ4v) is 1.79. The van der Waals surface area contributed by atoms with Crippen molar-refractivity contribution < 1.29 is 4.74 Å². The number of rotatable bonds is 4. The van der Waals surface area contributed by atoms with Crippen LogP contribution in [0.5, 0.6) is 5.75 Å². The van der Waals surface area contributed by atoms with Crippen molar-refractivity contribution in [3.05, 3.63) is 41.7 Å². The third-order valence-electron chi connectivity index (χ3n) is 2.67. The molecule has 0 bridgehead atoms. The van der Waals surface area contributed by atoms with Crippen LogP contribution in [0.25, 0.3) is 11.4 Å². The second kappa shape index (κ2) is 5.60. The molecule has 4 nitrogen and oxygen atoms in total. The predicted octanol–water partition coefficient (Wildman–Crippen LogP) is 2.18. The van der Waals surface area contributed by atoms with Gasteiger partial charge in [-0.25, -0.2) is 9.97 Å². The molecule has 2 aromatic rings. The Morgan fingerprint density at radius 1 is 1.28 bits per heavy atom. The lowest BCUT2D eigenvalue weighted by Gasteiger charge is -2.09. The lowest BCUT2D eigenvalue weighted by Crippen LogP contribution is -2.07. The van der Waals surface area contributed by atoms with Gasteiger partial charge in [0.2, 0.25) is 0 Å². The van der Waals surface area contributed by atoms with Crippen molar-refractivity contribution in [2.45, 2.75) is 13.5 Å². The van der Waals surface area contributed by atoms with Crippen molar-refractivity contribution in [2.75, 3.05) is 14.2 Å². The van der Waals surface area contributed by atoms with E-state index in [0.29, 0.717) is 5.82 Å². The first-order chi connectivity index (χ1) is 8.74. The Bertz CT molecular complexity index is 540. The number of nitrogens with zero attached hydrogens (tertiary/aromatic N) is 2. The van der Waals surface area contributed by atoms with Gasteiger partial charge in [-0.05, 0) is 37.7 Å². The molecule has 0 spiro atoms. The normalized spacial score (nSPS) is 10.4. The van der Waals surface area contributed by atoms with Crippen molar-refractivity contribution in [1.82, 2.24) is 15.3 Å². The molecule has 1 aromatic carbocycles. The Morgan fingerprint density at radius 3 is 2.83 bits per heavy atom. The van der Waals surface area contributed by atoms with Crippen LogP contribution in [-0.2, 0) is 6.54 Å². The molecule has 18 heavy (non-hydrogen) atoms. The van der Waals surface area contributed by atoms with E-state index in [0.717, 1.165) is 29.1 Å². The van der Waals surface area contributed by atoms with Crippen LogP contribution in [0, 0.1) is 6.92 Å². The molecule has 94 valence electrons. The Morgan fingerprint density at radius 2 is 2.11 bits per heavy atom. The molecule has 4 heteroatoms. The van der Waals surface area contributed by atoms with E-state index >= 15 is 0 Å². The van der Waals surface area contributed by atoms with E-state index in [1.54, 1.807) is 13.3 Å². The molecule has 0 fully saturated rings. The first-order valence-electron chi connectivity index (χ1n) is 5.86. The summed E-state index contributed by atoms with van der Waals surface area (Å²) in [6.45, 7) is 2.76. The average molecular weight is 243 g/mol. The van der Waals surface area contributed by atoms with E-state index in [1.807, 2.05) is 38.2 Å². The van der Waals surface area contributed by atoms with Crippen LogP contribution >= 0.6 is 0 Å². The van der Waals surface area contributed by atoms with Gasteiger partial charge in [-0.2, -0.15) is 0 Å². The predicted molar refractivity (Wildman–Crippen MR) is 71.5 cm³/mol. The van der Waals surface area contributed by atoms with Crippen molar-refractivity contribution in [3.8, 4) is 17.1 Å². The number of hydrogen-bond donors (Lipinski definition) is 1. The number of hydrogen-bond acceptors (Lipinski definition) is 4. The molecule has 0 atom stereocenters. The maximum Gasteiger partial charge on any atom is 0.163 e. The molecule has 1 aromatic heterocycles. The second-order valence-corrected chi connectivity index (χ2v) is 4.11. The minimum Gasteiger partial charge on any atom is -0.496 e. The first-order valence-corrected chi connectivity index (χ1v) is 5.86. The highest BCUT2D eigenvalue weighted by molar-refractivity contribution is 5.64. The molecule has 1 heterocycles. The van der Waals surface area contributed by atoms with Crippen LogP contribution < -0.4 is 10.1 Å². The van der Waals surface area contributed by atoms with E-state index in [-0.39, 0.29) is 0 Å². The lowest BCUT2D eigenvalue weighted by atomic mass is 10.1. The molecule has 0 radical (unpaired) electrons. The average Bonchev–Trinajstić information content (AvgIpc) is 2.39. The van der Waals surface area contributed by atoms with Crippen LogP contribution in [-0.4, -0.2) is 24.1 Å². The highest BCUT2D eigenvalue weighted by Crippen LogP contribution is 2.28. The van der Waals surface area contributed by atoms with E-state index in [9.17, 15) is 0 Å². The van der Waals surface area contributed by atoms with E-state index in [4.69, 9.17) is 4.74 Å². The molecule has 2 rings (SSSR count). The monoisotopic (exact) mass is 243 g/mol. The van der Waals surface area contributed by atoms with Crippen LogP contribution in [0.15, 0.2) is 30.5 Å². The molecule has 0 aliphatic heterocycles. The van der Waals surface area contributed by atoms with Crippen molar-refractivity contribution in [3.63, 3.8) is 0 Å². The Kier molecular flexibility index (Phi) is 3.89. The molecule has 0 aliphatic rings. The summed E-state index contributed by atoms with van der Waals surface area (Å²) < 4.78 is 5.38. The van der Waals surface area contributed by atoms with Gasteiger partial charge in [0, 0.05) is 12.7 Å². The van der Waals surface area contributed by atoms with Gasteiger partial charge in [0.05, 0.1) is 18.4 Å². The van der Waals surface area contributed by atoms with E-state index in [2.05, 4.69) is 15.3 Å². The standard InChI is InChI=1S/C14H17N3O/c1-10-4-5-12(13(8-10)18-3)14-16-7-6-11(17-14)9-15-2/h4-8,15H,9H2,1-3H3. The molecule has 0 saturated heterocycles. The first kappa shape index (κ1) is 12.5. The van der Waals surface area contributed by atoms with Crippen molar-refractivity contribution >= 4 is 0 Å². The van der Waals surface area contributed by atoms with Gasteiger partial charge < -0.3 is 10.1 Å². The Balaban J connectivity index is 2.44. The third-order valence-corrected chi connectivity index (χ3v) is 2.67. The minimum atomic E-state index is 0.694. The molecule has 0 aliphatic carbocycles. The fraction of sp³-hybridized carbons (Fsp3) is 0.286. The Labute approximate surface area is 107 Å². The molecular weight excluding hydrogens is 226 g/mol.